The first-order valence-corrected chi connectivity index (χ1v) is 12.0. The molecule has 0 aromatic heterocycles. The van der Waals surface area contributed by atoms with E-state index in [0.717, 1.165) is 59.8 Å². The normalized spacial score (nSPS) is 20.3. The average Bonchev–Trinajstić information content (AvgIpc) is 2.85. The van der Waals surface area contributed by atoms with E-state index in [1.54, 1.807) is 30.3 Å². The first-order valence-electron chi connectivity index (χ1n) is 12.0. The van der Waals surface area contributed by atoms with Crippen LogP contribution in [-0.2, 0) is 4.74 Å². The third-order valence-corrected chi connectivity index (χ3v) is 6.62. The number of allylic oxidation sites excluding steroid dienone is 1. The van der Waals surface area contributed by atoms with Crippen molar-refractivity contribution >= 4 is 11.1 Å². The molecule has 0 radical (unpaired) electrons. The minimum absolute atomic E-state index is 0.188. The molecule has 2 aliphatic heterocycles. The van der Waals surface area contributed by atoms with Crippen molar-refractivity contribution in [3.8, 4) is 23.0 Å². The Bertz CT molecular complexity index is 1220. The van der Waals surface area contributed by atoms with Gasteiger partial charge in [0.2, 0.25) is 0 Å². The number of benzene rings is 3. The summed E-state index contributed by atoms with van der Waals surface area (Å²) in [5.41, 5.74) is 4.65. The first-order chi connectivity index (χ1) is 17.0. The van der Waals surface area contributed by atoms with Gasteiger partial charge in [0.15, 0.2) is 0 Å². The van der Waals surface area contributed by atoms with Crippen molar-refractivity contribution in [1.82, 2.24) is 4.90 Å². The van der Waals surface area contributed by atoms with Crippen molar-refractivity contribution in [1.29, 1.82) is 0 Å². The van der Waals surface area contributed by atoms with Gasteiger partial charge in [-0.1, -0.05) is 24.3 Å². The zero-order valence-electron chi connectivity index (χ0n) is 20.1. The number of nitrogens with zero attached hydrogens (tertiary/aromatic N) is 1. The fourth-order valence-electron chi connectivity index (χ4n) is 4.84. The van der Waals surface area contributed by atoms with Gasteiger partial charge in [0.05, 0.1) is 12.7 Å². The first kappa shape index (κ1) is 23.3. The number of ether oxygens (including phenoxy) is 3. The Morgan fingerprint density at radius 2 is 1.80 bits per heavy atom. The van der Waals surface area contributed by atoms with E-state index < -0.39 is 0 Å². The Morgan fingerprint density at radius 1 is 1.00 bits per heavy atom. The summed E-state index contributed by atoms with van der Waals surface area (Å²) in [6.07, 6.45) is -0.0948. The van der Waals surface area contributed by atoms with Crippen LogP contribution in [0.1, 0.15) is 36.6 Å². The van der Waals surface area contributed by atoms with Gasteiger partial charge in [-0.3, -0.25) is 4.90 Å². The predicted octanol–water partition coefficient (Wildman–Crippen LogP) is 5.26. The largest absolute Gasteiger partial charge is 0.508 e. The Kier molecular flexibility index (Phi) is 6.66. The molecule has 0 amide bonds. The maximum Gasteiger partial charge on any atom is 0.150 e. The van der Waals surface area contributed by atoms with E-state index >= 15 is 0 Å². The molecule has 0 spiro atoms. The maximum absolute atomic E-state index is 10.1. The number of fused-ring (bicyclic) bond motifs is 1. The number of aromatic hydroxyl groups is 2. The molecule has 6 nitrogen and oxygen atoms in total. The van der Waals surface area contributed by atoms with Crippen molar-refractivity contribution in [3.63, 3.8) is 0 Å². The molecule has 182 valence electrons. The molecule has 2 atom stereocenters. The van der Waals surface area contributed by atoms with E-state index in [1.165, 1.54) is 0 Å². The van der Waals surface area contributed by atoms with Crippen LogP contribution in [0.4, 0.5) is 0 Å². The standard InChI is InChI=1S/C29H31NO5/c1-19-18-30(12-14-33-19)13-15-34-25-9-6-21(7-10-25)29-28(22-4-3-5-23(31)16-22)20(2)26-17-24(32)8-11-27(26)35-29/h3-11,16-17,19,29,31-32H,12-15,18H2,1-2H3. The lowest BCUT2D eigenvalue weighted by atomic mass is 9.86. The van der Waals surface area contributed by atoms with Gasteiger partial charge in [-0.25, -0.2) is 0 Å². The Labute approximate surface area is 206 Å². The second kappa shape index (κ2) is 10.0. The van der Waals surface area contributed by atoms with Crippen molar-refractivity contribution in [2.24, 2.45) is 0 Å². The molecule has 2 aliphatic rings. The highest BCUT2D eigenvalue weighted by molar-refractivity contribution is 5.95. The number of hydrogen-bond donors (Lipinski definition) is 2. The summed E-state index contributed by atoms with van der Waals surface area (Å²) >= 11 is 0. The number of morpholine rings is 1. The number of phenolic OH excluding ortho intramolecular Hbond substituents is 2. The van der Waals surface area contributed by atoms with Gasteiger partial charge in [0.25, 0.3) is 0 Å². The molecule has 1 fully saturated rings. The molecule has 2 N–H and O–H groups in total. The molecule has 0 bridgehead atoms. The fourth-order valence-corrected chi connectivity index (χ4v) is 4.84. The SMILES string of the molecule is CC1=C(c2cccc(O)c2)C(c2ccc(OCCN3CCOC(C)C3)cc2)Oc2ccc(O)cc21. The molecule has 35 heavy (non-hydrogen) atoms. The third kappa shape index (κ3) is 5.14. The molecule has 2 unspecified atom stereocenters. The molecule has 2 heterocycles. The minimum Gasteiger partial charge on any atom is -0.508 e. The van der Waals surface area contributed by atoms with Gasteiger partial charge in [-0.15, -0.1) is 0 Å². The van der Waals surface area contributed by atoms with Crippen LogP contribution in [0.5, 0.6) is 23.0 Å². The molecular weight excluding hydrogens is 442 g/mol. The van der Waals surface area contributed by atoms with Crippen LogP contribution in [0.3, 0.4) is 0 Å². The molecule has 3 aromatic rings. The fraction of sp³-hybridized carbons (Fsp3) is 0.310. The van der Waals surface area contributed by atoms with Gasteiger partial charge < -0.3 is 24.4 Å². The van der Waals surface area contributed by atoms with Crippen molar-refractivity contribution in [2.75, 3.05) is 32.8 Å². The molecule has 6 heteroatoms. The number of rotatable bonds is 6. The summed E-state index contributed by atoms with van der Waals surface area (Å²) in [5, 5.41) is 20.2. The van der Waals surface area contributed by atoms with Crippen molar-refractivity contribution < 1.29 is 24.4 Å². The highest BCUT2D eigenvalue weighted by Crippen LogP contribution is 2.47. The molecule has 5 rings (SSSR count). The second-order valence-electron chi connectivity index (χ2n) is 9.17. The van der Waals surface area contributed by atoms with Gasteiger partial charge >= 0.3 is 0 Å². The van der Waals surface area contributed by atoms with Crippen LogP contribution in [-0.4, -0.2) is 54.1 Å². The highest BCUT2D eigenvalue weighted by atomic mass is 16.5. The van der Waals surface area contributed by atoms with Crippen LogP contribution in [0.25, 0.3) is 11.1 Å². The lowest BCUT2D eigenvalue weighted by Gasteiger charge is -2.31. The zero-order valence-corrected chi connectivity index (χ0v) is 20.1. The van der Waals surface area contributed by atoms with E-state index in [9.17, 15) is 10.2 Å². The van der Waals surface area contributed by atoms with Crippen LogP contribution in [0, 0.1) is 0 Å². The summed E-state index contributed by atoms with van der Waals surface area (Å²) in [4.78, 5) is 2.36. The topological polar surface area (TPSA) is 71.4 Å². The lowest BCUT2D eigenvalue weighted by molar-refractivity contribution is -0.0214. The van der Waals surface area contributed by atoms with Gasteiger partial charge in [0, 0.05) is 30.8 Å². The second-order valence-corrected chi connectivity index (χ2v) is 9.17. The Balaban J connectivity index is 1.38. The average molecular weight is 474 g/mol. The summed E-state index contributed by atoms with van der Waals surface area (Å²) < 4.78 is 18.1. The molecule has 3 aromatic carbocycles. The number of hydrogen-bond acceptors (Lipinski definition) is 6. The summed E-state index contributed by atoms with van der Waals surface area (Å²) in [6.45, 7) is 8.26. The van der Waals surface area contributed by atoms with Crippen LogP contribution in [0.2, 0.25) is 0 Å². The maximum atomic E-state index is 10.1. The van der Waals surface area contributed by atoms with Crippen molar-refractivity contribution in [2.45, 2.75) is 26.1 Å². The highest BCUT2D eigenvalue weighted by Gasteiger charge is 2.29. The smallest absolute Gasteiger partial charge is 0.150 e. The summed E-state index contributed by atoms with van der Waals surface area (Å²) in [7, 11) is 0. The van der Waals surface area contributed by atoms with Crippen LogP contribution >= 0.6 is 0 Å². The van der Waals surface area contributed by atoms with Gasteiger partial charge in [-0.05, 0) is 73.0 Å². The van der Waals surface area contributed by atoms with Gasteiger partial charge in [0.1, 0.15) is 35.7 Å². The van der Waals surface area contributed by atoms with Crippen LogP contribution in [0.15, 0.2) is 66.7 Å². The van der Waals surface area contributed by atoms with E-state index in [4.69, 9.17) is 14.2 Å². The number of phenols is 2. The summed E-state index contributed by atoms with van der Waals surface area (Å²) in [6, 6.07) is 20.3. The Morgan fingerprint density at radius 3 is 2.57 bits per heavy atom. The van der Waals surface area contributed by atoms with Crippen LogP contribution < -0.4 is 9.47 Å². The quantitative estimate of drug-likeness (QED) is 0.509. The van der Waals surface area contributed by atoms with Gasteiger partial charge in [-0.2, -0.15) is 0 Å². The van der Waals surface area contributed by atoms with E-state index in [1.807, 2.05) is 43.3 Å². The molecule has 0 aliphatic carbocycles. The predicted molar refractivity (Wildman–Crippen MR) is 136 cm³/mol. The minimum atomic E-state index is -0.363. The third-order valence-electron chi connectivity index (χ3n) is 6.62. The monoisotopic (exact) mass is 473 g/mol. The Hall–Kier alpha value is -3.48. The zero-order chi connectivity index (χ0) is 24.4. The van der Waals surface area contributed by atoms with Crippen molar-refractivity contribution in [3.05, 3.63) is 83.4 Å². The molecular formula is C29H31NO5. The molecule has 0 saturated carbocycles. The van der Waals surface area contributed by atoms with E-state index in [-0.39, 0.29) is 23.7 Å². The van der Waals surface area contributed by atoms with E-state index in [0.29, 0.717) is 12.4 Å². The summed E-state index contributed by atoms with van der Waals surface area (Å²) in [5.74, 6) is 1.92. The molecule has 1 saturated heterocycles. The lowest BCUT2D eigenvalue weighted by Crippen LogP contribution is -2.42. The van der Waals surface area contributed by atoms with E-state index in [2.05, 4.69) is 11.8 Å².